The average molecular weight is 303 g/mol. The van der Waals surface area contributed by atoms with Gasteiger partial charge in [-0.1, -0.05) is 37.3 Å². The molecule has 0 amide bonds. The van der Waals surface area contributed by atoms with Crippen molar-refractivity contribution in [2.24, 2.45) is 0 Å². The van der Waals surface area contributed by atoms with Crippen LogP contribution in [0.1, 0.15) is 34.6 Å². The standard InChI is InChI=1S/C17H21NO2S/c1-13(14-5-3-2-4-6-14)9-10-18-12-16-8-7-15(21-16)11-17(19)20/h2-8,13,18H,9-12H2,1H3,(H,19,20). The lowest BCUT2D eigenvalue weighted by Crippen LogP contribution is -2.15. The van der Waals surface area contributed by atoms with Crippen molar-refractivity contribution in [2.75, 3.05) is 6.54 Å². The fourth-order valence-corrected chi connectivity index (χ4v) is 3.22. The quantitative estimate of drug-likeness (QED) is 0.732. The molecule has 0 spiro atoms. The first kappa shape index (κ1) is 15.7. The number of hydrogen-bond acceptors (Lipinski definition) is 3. The molecule has 0 aliphatic carbocycles. The summed E-state index contributed by atoms with van der Waals surface area (Å²) in [6, 6.07) is 14.5. The molecular weight excluding hydrogens is 282 g/mol. The molecule has 2 aromatic rings. The molecule has 21 heavy (non-hydrogen) atoms. The van der Waals surface area contributed by atoms with Crippen LogP contribution in [0.15, 0.2) is 42.5 Å². The number of carboxylic acids is 1. The van der Waals surface area contributed by atoms with Crippen molar-refractivity contribution in [3.63, 3.8) is 0 Å². The molecule has 1 aromatic heterocycles. The number of carbonyl (C=O) groups is 1. The van der Waals surface area contributed by atoms with Gasteiger partial charge in [0.1, 0.15) is 0 Å². The molecule has 0 saturated heterocycles. The van der Waals surface area contributed by atoms with E-state index < -0.39 is 5.97 Å². The Kier molecular flexibility index (Phi) is 5.96. The smallest absolute Gasteiger partial charge is 0.308 e. The predicted octanol–water partition coefficient (Wildman–Crippen LogP) is 3.66. The van der Waals surface area contributed by atoms with Crippen LogP contribution < -0.4 is 5.32 Å². The molecule has 3 nitrogen and oxygen atoms in total. The first-order chi connectivity index (χ1) is 10.1. The summed E-state index contributed by atoms with van der Waals surface area (Å²) in [7, 11) is 0. The number of rotatable bonds is 8. The summed E-state index contributed by atoms with van der Waals surface area (Å²) >= 11 is 1.57. The zero-order valence-electron chi connectivity index (χ0n) is 12.2. The maximum absolute atomic E-state index is 10.6. The Morgan fingerprint density at radius 1 is 1.19 bits per heavy atom. The predicted molar refractivity (Wildman–Crippen MR) is 86.8 cm³/mol. The van der Waals surface area contributed by atoms with Crippen molar-refractivity contribution in [2.45, 2.75) is 32.2 Å². The van der Waals surface area contributed by atoms with Gasteiger partial charge in [0.25, 0.3) is 0 Å². The van der Waals surface area contributed by atoms with Gasteiger partial charge in [-0.2, -0.15) is 0 Å². The molecule has 0 fully saturated rings. The highest BCUT2D eigenvalue weighted by Crippen LogP contribution is 2.19. The molecule has 2 N–H and O–H groups in total. The van der Waals surface area contributed by atoms with Crippen molar-refractivity contribution in [3.05, 3.63) is 57.8 Å². The van der Waals surface area contributed by atoms with Gasteiger partial charge in [0.15, 0.2) is 0 Å². The van der Waals surface area contributed by atoms with Crippen LogP contribution in [-0.4, -0.2) is 17.6 Å². The van der Waals surface area contributed by atoms with Gasteiger partial charge in [-0.25, -0.2) is 0 Å². The van der Waals surface area contributed by atoms with E-state index in [0.717, 1.165) is 24.4 Å². The molecule has 2 rings (SSSR count). The minimum Gasteiger partial charge on any atom is -0.481 e. The van der Waals surface area contributed by atoms with Crippen molar-refractivity contribution < 1.29 is 9.90 Å². The maximum Gasteiger partial charge on any atom is 0.308 e. The van der Waals surface area contributed by atoms with E-state index in [-0.39, 0.29) is 6.42 Å². The van der Waals surface area contributed by atoms with Crippen molar-refractivity contribution in [1.29, 1.82) is 0 Å². The summed E-state index contributed by atoms with van der Waals surface area (Å²) in [6.07, 6.45) is 1.22. The Labute approximate surface area is 129 Å². The molecule has 1 atom stereocenters. The Morgan fingerprint density at radius 2 is 1.90 bits per heavy atom. The Balaban J connectivity index is 1.70. The zero-order chi connectivity index (χ0) is 15.1. The lowest BCUT2D eigenvalue weighted by Gasteiger charge is -2.12. The van der Waals surface area contributed by atoms with Gasteiger partial charge in [0, 0.05) is 16.3 Å². The molecular formula is C17H21NO2S. The Bertz CT molecular complexity index is 565. The molecule has 0 radical (unpaired) electrons. The van der Waals surface area contributed by atoms with E-state index in [0.29, 0.717) is 5.92 Å². The van der Waals surface area contributed by atoms with E-state index >= 15 is 0 Å². The van der Waals surface area contributed by atoms with Crippen LogP contribution in [0, 0.1) is 0 Å². The minimum absolute atomic E-state index is 0.121. The van der Waals surface area contributed by atoms with E-state index in [2.05, 4.69) is 36.5 Å². The van der Waals surface area contributed by atoms with E-state index in [9.17, 15) is 4.79 Å². The molecule has 1 aromatic carbocycles. The van der Waals surface area contributed by atoms with Gasteiger partial charge in [0.05, 0.1) is 6.42 Å². The van der Waals surface area contributed by atoms with Crippen LogP contribution in [0.4, 0.5) is 0 Å². The third-order valence-corrected chi connectivity index (χ3v) is 4.55. The summed E-state index contributed by atoms with van der Waals surface area (Å²) in [6.45, 7) is 4.02. The lowest BCUT2D eigenvalue weighted by molar-refractivity contribution is -0.136. The monoisotopic (exact) mass is 303 g/mol. The molecule has 112 valence electrons. The third-order valence-electron chi connectivity index (χ3n) is 3.46. The lowest BCUT2D eigenvalue weighted by atomic mass is 9.98. The number of aliphatic carboxylic acids is 1. The second kappa shape index (κ2) is 7.96. The first-order valence-electron chi connectivity index (χ1n) is 7.20. The maximum atomic E-state index is 10.6. The fourth-order valence-electron chi connectivity index (χ4n) is 2.24. The highest BCUT2D eigenvalue weighted by atomic mass is 32.1. The van der Waals surface area contributed by atoms with Gasteiger partial charge < -0.3 is 10.4 Å². The van der Waals surface area contributed by atoms with Crippen LogP contribution in [0.3, 0.4) is 0 Å². The van der Waals surface area contributed by atoms with Crippen LogP contribution in [0.25, 0.3) is 0 Å². The van der Waals surface area contributed by atoms with Gasteiger partial charge >= 0.3 is 5.97 Å². The second-order valence-electron chi connectivity index (χ2n) is 5.22. The first-order valence-corrected chi connectivity index (χ1v) is 8.02. The van der Waals surface area contributed by atoms with Crippen molar-refractivity contribution in [3.8, 4) is 0 Å². The molecule has 0 bridgehead atoms. The number of carboxylic acid groups (broad SMARTS) is 1. The highest BCUT2D eigenvalue weighted by Gasteiger charge is 2.06. The van der Waals surface area contributed by atoms with E-state index in [1.165, 1.54) is 10.4 Å². The summed E-state index contributed by atoms with van der Waals surface area (Å²) < 4.78 is 0. The molecule has 1 heterocycles. The van der Waals surface area contributed by atoms with Gasteiger partial charge in [0.2, 0.25) is 0 Å². The van der Waals surface area contributed by atoms with E-state index in [1.807, 2.05) is 18.2 Å². The zero-order valence-corrected chi connectivity index (χ0v) is 13.0. The molecule has 1 unspecified atom stereocenters. The summed E-state index contributed by atoms with van der Waals surface area (Å²) in [5, 5.41) is 12.2. The van der Waals surface area contributed by atoms with Crippen LogP contribution in [0.5, 0.6) is 0 Å². The van der Waals surface area contributed by atoms with Crippen LogP contribution >= 0.6 is 11.3 Å². The average Bonchev–Trinajstić information content (AvgIpc) is 2.91. The fraction of sp³-hybridized carbons (Fsp3) is 0.353. The van der Waals surface area contributed by atoms with Crippen molar-refractivity contribution in [1.82, 2.24) is 5.32 Å². The Hall–Kier alpha value is -1.65. The number of nitrogens with one attached hydrogen (secondary N) is 1. The molecule has 4 heteroatoms. The summed E-state index contributed by atoms with van der Waals surface area (Å²) in [5.41, 5.74) is 1.37. The van der Waals surface area contributed by atoms with E-state index in [4.69, 9.17) is 5.11 Å². The number of benzene rings is 1. The summed E-state index contributed by atoms with van der Waals surface area (Å²) in [4.78, 5) is 12.7. The second-order valence-corrected chi connectivity index (χ2v) is 6.47. The van der Waals surface area contributed by atoms with Gasteiger partial charge in [-0.3, -0.25) is 4.79 Å². The van der Waals surface area contributed by atoms with Crippen LogP contribution in [0.2, 0.25) is 0 Å². The van der Waals surface area contributed by atoms with Gasteiger partial charge in [-0.15, -0.1) is 11.3 Å². The molecule has 0 saturated carbocycles. The highest BCUT2D eigenvalue weighted by molar-refractivity contribution is 7.12. The Morgan fingerprint density at radius 3 is 2.62 bits per heavy atom. The van der Waals surface area contributed by atoms with Crippen LogP contribution in [-0.2, 0) is 17.8 Å². The topological polar surface area (TPSA) is 49.3 Å². The largest absolute Gasteiger partial charge is 0.481 e. The number of hydrogen-bond donors (Lipinski definition) is 2. The molecule has 0 aliphatic heterocycles. The number of thiophene rings is 1. The normalized spacial score (nSPS) is 12.2. The summed E-state index contributed by atoms with van der Waals surface area (Å²) in [5.74, 6) is -0.224. The van der Waals surface area contributed by atoms with Crippen molar-refractivity contribution >= 4 is 17.3 Å². The van der Waals surface area contributed by atoms with E-state index in [1.54, 1.807) is 11.3 Å². The minimum atomic E-state index is -0.770. The third kappa shape index (κ3) is 5.33. The SMILES string of the molecule is CC(CCNCc1ccc(CC(=O)O)s1)c1ccccc1. The van der Waals surface area contributed by atoms with Gasteiger partial charge in [-0.05, 0) is 36.6 Å². The molecule has 0 aliphatic rings.